The van der Waals surface area contributed by atoms with Crippen molar-refractivity contribution < 1.29 is 80.2 Å². The number of aliphatic hydroxyl groups is 1. The van der Waals surface area contributed by atoms with Crippen molar-refractivity contribution >= 4 is 39.5 Å². The molecule has 0 saturated heterocycles. The van der Waals surface area contributed by atoms with Gasteiger partial charge in [0.25, 0.3) is 0 Å². The van der Waals surface area contributed by atoms with Gasteiger partial charge in [-0.15, -0.1) is 0 Å². The van der Waals surface area contributed by atoms with E-state index < -0.39 is 97.5 Å². The van der Waals surface area contributed by atoms with Crippen molar-refractivity contribution in [1.29, 1.82) is 0 Å². The van der Waals surface area contributed by atoms with Gasteiger partial charge in [0, 0.05) is 25.7 Å². The average molecular weight is 1560 g/mol. The number of aliphatic hydroxyl groups excluding tert-OH is 1. The Morgan fingerprint density at radius 1 is 0.271 bits per heavy atom. The number of hydrogen-bond acceptors (Lipinski definition) is 15. The van der Waals surface area contributed by atoms with E-state index in [0.29, 0.717) is 25.7 Å². The lowest BCUT2D eigenvalue weighted by atomic mass is 9.99. The zero-order chi connectivity index (χ0) is 78.5. The van der Waals surface area contributed by atoms with Crippen molar-refractivity contribution in [2.45, 2.75) is 490 Å². The SMILES string of the molecule is CCCCCCCCCCCCCCCCCCCCCCCC(=O)O[C@H](COC(=O)CCCCCCCCCCCCCCCCCC(C)C)COP(=O)(O)OC[C@@H](O)COP(=O)(O)OC[C@@H](COC(=O)CCCCCCCCCCCC)OC(=O)CCCCCCCCCCCCCCCCC(C)CC. The quantitative estimate of drug-likeness (QED) is 0.0222. The van der Waals surface area contributed by atoms with E-state index in [-0.39, 0.29) is 25.7 Å². The summed E-state index contributed by atoms with van der Waals surface area (Å²) in [5.74, 6) is -0.447. The Hall–Kier alpha value is -1.94. The third-order valence-electron chi connectivity index (χ3n) is 21.1. The predicted molar refractivity (Wildman–Crippen MR) is 442 cm³/mol. The highest BCUT2D eigenvalue weighted by atomic mass is 31.2. The highest BCUT2D eigenvalue weighted by molar-refractivity contribution is 7.47. The van der Waals surface area contributed by atoms with Gasteiger partial charge in [-0.3, -0.25) is 37.3 Å². The molecule has 0 aromatic rings. The Morgan fingerprint density at radius 3 is 0.710 bits per heavy atom. The normalized spacial score (nSPS) is 14.0. The van der Waals surface area contributed by atoms with Crippen molar-refractivity contribution in [2.24, 2.45) is 11.8 Å². The summed E-state index contributed by atoms with van der Waals surface area (Å²) in [6, 6.07) is 0. The minimum Gasteiger partial charge on any atom is -0.462 e. The van der Waals surface area contributed by atoms with Gasteiger partial charge in [0.1, 0.15) is 19.3 Å². The van der Waals surface area contributed by atoms with Gasteiger partial charge in [-0.05, 0) is 37.5 Å². The number of phosphoric acid groups is 2. The third kappa shape index (κ3) is 80.5. The minimum absolute atomic E-state index is 0.108. The first-order chi connectivity index (χ1) is 51.9. The molecule has 0 aliphatic rings. The lowest BCUT2D eigenvalue weighted by Gasteiger charge is -2.21. The van der Waals surface area contributed by atoms with Gasteiger partial charge in [-0.25, -0.2) is 9.13 Å². The van der Waals surface area contributed by atoms with Crippen LogP contribution in [0.15, 0.2) is 0 Å². The maximum atomic E-state index is 13.2. The van der Waals surface area contributed by atoms with Crippen molar-refractivity contribution in [1.82, 2.24) is 0 Å². The lowest BCUT2D eigenvalue weighted by Crippen LogP contribution is -2.30. The summed E-state index contributed by atoms with van der Waals surface area (Å²) in [5, 5.41) is 10.7. The molecule has 0 spiro atoms. The highest BCUT2D eigenvalue weighted by Gasteiger charge is 2.31. The molecule has 636 valence electrons. The van der Waals surface area contributed by atoms with Gasteiger partial charge in [0.2, 0.25) is 0 Å². The molecule has 0 saturated carbocycles. The molecule has 6 atom stereocenters. The van der Waals surface area contributed by atoms with E-state index >= 15 is 0 Å². The molecule has 19 heteroatoms. The second-order valence-corrected chi connectivity index (χ2v) is 35.3. The molecule has 0 aromatic carbocycles. The van der Waals surface area contributed by atoms with Gasteiger partial charge in [0.05, 0.1) is 26.4 Å². The minimum atomic E-state index is -4.97. The molecule has 0 bridgehead atoms. The standard InChI is InChI=1S/C88H172O17P2/c1-7-10-12-14-16-18-20-21-22-23-24-25-26-27-30-37-42-48-54-60-66-72-87(92)105-84(77-99-86(91)71-65-59-53-47-41-36-31-28-29-34-39-44-50-56-62-68-80(4)5)79-103-107(96,97)101-75-82(89)74-100-106(94,95)102-78-83(76-98-85(90)70-64-58-52-46-19-17-15-13-11-8-2)104-88(93)73-67-61-55-49-43-38-33-32-35-40-45-51-57-63-69-81(6)9-3/h80-84,89H,7-79H2,1-6H3,(H,94,95)(H,96,97)/t81?,82-,83+,84+/m0/s1. The molecular formula is C88H172O17P2. The number of hydrogen-bond donors (Lipinski definition) is 3. The molecular weight excluding hydrogens is 1390 g/mol. The number of ether oxygens (including phenoxy) is 4. The first kappa shape index (κ1) is 105. The number of phosphoric ester groups is 2. The Morgan fingerprint density at radius 2 is 0.477 bits per heavy atom. The van der Waals surface area contributed by atoms with Crippen LogP contribution in [0.3, 0.4) is 0 Å². The highest BCUT2D eigenvalue weighted by Crippen LogP contribution is 2.45. The van der Waals surface area contributed by atoms with Crippen LogP contribution in [0.5, 0.6) is 0 Å². The summed E-state index contributed by atoms with van der Waals surface area (Å²) in [6.45, 7) is 9.76. The Labute approximate surface area is 658 Å². The van der Waals surface area contributed by atoms with Gasteiger partial charge < -0.3 is 33.8 Å². The van der Waals surface area contributed by atoms with Gasteiger partial charge in [-0.1, -0.05) is 420 Å². The van der Waals surface area contributed by atoms with Crippen molar-refractivity contribution in [3.8, 4) is 0 Å². The van der Waals surface area contributed by atoms with Crippen LogP contribution in [0.4, 0.5) is 0 Å². The first-order valence-corrected chi connectivity index (χ1v) is 48.5. The van der Waals surface area contributed by atoms with Gasteiger partial charge >= 0.3 is 39.5 Å². The topological polar surface area (TPSA) is 237 Å². The second-order valence-electron chi connectivity index (χ2n) is 32.4. The van der Waals surface area contributed by atoms with Crippen LogP contribution in [-0.2, 0) is 65.4 Å². The number of unbranched alkanes of at least 4 members (excludes halogenated alkanes) is 56. The molecule has 0 aliphatic carbocycles. The molecule has 0 amide bonds. The Bertz CT molecular complexity index is 2050. The third-order valence-corrected chi connectivity index (χ3v) is 23.0. The van der Waals surface area contributed by atoms with E-state index in [2.05, 4.69) is 41.5 Å². The monoisotopic (exact) mass is 1560 g/mol. The van der Waals surface area contributed by atoms with Gasteiger partial charge in [-0.2, -0.15) is 0 Å². The number of rotatable bonds is 87. The van der Waals surface area contributed by atoms with Crippen molar-refractivity contribution in [3.63, 3.8) is 0 Å². The number of carbonyl (C=O) groups excluding carboxylic acids is 4. The number of carbonyl (C=O) groups is 4. The van der Waals surface area contributed by atoms with Crippen LogP contribution in [-0.4, -0.2) is 96.7 Å². The lowest BCUT2D eigenvalue weighted by molar-refractivity contribution is -0.161. The molecule has 0 heterocycles. The summed E-state index contributed by atoms with van der Waals surface area (Å²) in [6.07, 6.45) is 72.2. The van der Waals surface area contributed by atoms with E-state index in [0.717, 1.165) is 102 Å². The zero-order valence-corrected chi connectivity index (χ0v) is 72.2. The van der Waals surface area contributed by atoms with Crippen molar-refractivity contribution in [2.75, 3.05) is 39.6 Å². The van der Waals surface area contributed by atoms with E-state index in [1.807, 2.05) is 0 Å². The van der Waals surface area contributed by atoms with Gasteiger partial charge in [0.15, 0.2) is 12.2 Å². The predicted octanol–water partition coefficient (Wildman–Crippen LogP) is 27.0. The molecule has 3 N–H and O–H groups in total. The van der Waals surface area contributed by atoms with Crippen LogP contribution >= 0.6 is 15.6 Å². The van der Waals surface area contributed by atoms with Crippen LogP contribution in [0.25, 0.3) is 0 Å². The molecule has 0 rings (SSSR count). The van der Waals surface area contributed by atoms with Crippen molar-refractivity contribution in [3.05, 3.63) is 0 Å². The fourth-order valence-electron chi connectivity index (χ4n) is 13.7. The largest absolute Gasteiger partial charge is 0.472 e. The molecule has 0 aromatic heterocycles. The van der Waals surface area contributed by atoms with E-state index in [1.165, 1.54) is 289 Å². The average Bonchev–Trinajstić information content (AvgIpc) is 0.993. The maximum Gasteiger partial charge on any atom is 0.472 e. The zero-order valence-electron chi connectivity index (χ0n) is 70.5. The van der Waals surface area contributed by atoms with Crippen LogP contribution in [0.1, 0.15) is 472 Å². The van der Waals surface area contributed by atoms with Crippen LogP contribution in [0, 0.1) is 11.8 Å². The summed E-state index contributed by atoms with van der Waals surface area (Å²) in [5.41, 5.74) is 0. The summed E-state index contributed by atoms with van der Waals surface area (Å²) < 4.78 is 69.0. The fourth-order valence-corrected chi connectivity index (χ4v) is 15.3. The van der Waals surface area contributed by atoms with Crippen LogP contribution in [0.2, 0.25) is 0 Å². The second kappa shape index (κ2) is 79.3. The molecule has 0 fully saturated rings. The maximum absolute atomic E-state index is 13.2. The fraction of sp³-hybridized carbons (Fsp3) is 0.955. The molecule has 3 unspecified atom stereocenters. The Kier molecular flexibility index (Phi) is 77.9. The molecule has 107 heavy (non-hydrogen) atoms. The van der Waals surface area contributed by atoms with Crippen LogP contribution < -0.4 is 0 Å². The summed E-state index contributed by atoms with van der Waals surface area (Å²) >= 11 is 0. The summed E-state index contributed by atoms with van der Waals surface area (Å²) in [4.78, 5) is 73.3. The molecule has 0 aliphatic heterocycles. The molecule has 17 nitrogen and oxygen atoms in total. The first-order valence-electron chi connectivity index (χ1n) is 45.5. The van der Waals surface area contributed by atoms with E-state index in [1.54, 1.807) is 0 Å². The number of esters is 4. The van der Waals surface area contributed by atoms with E-state index in [9.17, 15) is 43.2 Å². The smallest absolute Gasteiger partial charge is 0.462 e. The van der Waals surface area contributed by atoms with E-state index in [4.69, 9.17) is 37.0 Å². The summed E-state index contributed by atoms with van der Waals surface area (Å²) in [7, 11) is -9.93. The molecule has 0 radical (unpaired) electrons. The Balaban J connectivity index is 5.22.